The lowest BCUT2D eigenvalue weighted by atomic mass is 9.97. The number of hydrogen-bond acceptors (Lipinski definition) is 3. The molecular weight excluding hydrogens is 166 g/mol. The highest BCUT2D eigenvalue weighted by molar-refractivity contribution is 6.03. The number of benzene rings is 1. The summed E-state index contributed by atoms with van der Waals surface area (Å²) in [5, 5.41) is 0. The number of hydrogen-bond donors (Lipinski definition) is 1. The summed E-state index contributed by atoms with van der Waals surface area (Å²) in [5.41, 5.74) is 6.25. The zero-order chi connectivity index (χ0) is 9.42. The first kappa shape index (κ1) is 8.26. The van der Waals surface area contributed by atoms with Gasteiger partial charge in [0.15, 0.2) is 5.78 Å². The van der Waals surface area contributed by atoms with Crippen LogP contribution in [0.3, 0.4) is 0 Å². The molecule has 13 heavy (non-hydrogen) atoms. The smallest absolute Gasteiger partial charge is 0.187 e. The van der Waals surface area contributed by atoms with E-state index in [2.05, 4.69) is 0 Å². The number of ketones is 1. The van der Waals surface area contributed by atoms with Gasteiger partial charge in [0.1, 0.15) is 17.9 Å². The van der Waals surface area contributed by atoms with Crippen molar-refractivity contribution in [2.75, 3.05) is 0 Å². The summed E-state index contributed by atoms with van der Waals surface area (Å²) in [6.07, 6.45) is -0.234. The number of para-hydroxylation sites is 1. The Bertz CT molecular complexity index is 349. The lowest BCUT2D eigenvalue weighted by Gasteiger charge is -2.27. The van der Waals surface area contributed by atoms with E-state index in [1.165, 1.54) is 0 Å². The van der Waals surface area contributed by atoms with Crippen LogP contribution in [0.5, 0.6) is 5.75 Å². The van der Waals surface area contributed by atoms with Gasteiger partial charge in [-0.05, 0) is 19.1 Å². The molecule has 1 aliphatic heterocycles. The van der Waals surface area contributed by atoms with E-state index in [-0.39, 0.29) is 11.9 Å². The Hall–Kier alpha value is -1.35. The van der Waals surface area contributed by atoms with E-state index in [9.17, 15) is 4.79 Å². The number of nitrogens with two attached hydrogens (primary N) is 1. The second kappa shape index (κ2) is 2.85. The second-order valence-electron chi connectivity index (χ2n) is 3.21. The Kier molecular flexibility index (Phi) is 1.81. The van der Waals surface area contributed by atoms with Gasteiger partial charge >= 0.3 is 0 Å². The van der Waals surface area contributed by atoms with Gasteiger partial charge in [0.2, 0.25) is 0 Å². The molecule has 2 rings (SSSR count). The number of carbonyl (C=O) groups excluding carboxylic acids is 1. The first-order chi connectivity index (χ1) is 6.20. The van der Waals surface area contributed by atoms with Crippen molar-refractivity contribution in [3.63, 3.8) is 0 Å². The minimum absolute atomic E-state index is 0.0330. The van der Waals surface area contributed by atoms with Crippen molar-refractivity contribution in [2.24, 2.45) is 5.73 Å². The molecule has 2 unspecified atom stereocenters. The minimum Gasteiger partial charge on any atom is -0.488 e. The minimum atomic E-state index is -0.533. The van der Waals surface area contributed by atoms with Gasteiger partial charge in [0.05, 0.1) is 5.56 Å². The van der Waals surface area contributed by atoms with Gasteiger partial charge in [-0.3, -0.25) is 4.79 Å². The maximum Gasteiger partial charge on any atom is 0.187 e. The Morgan fingerprint density at radius 3 is 2.85 bits per heavy atom. The molecule has 1 aliphatic rings. The summed E-state index contributed by atoms with van der Waals surface area (Å²) in [6, 6.07) is 6.65. The van der Waals surface area contributed by atoms with Crippen LogP contribution < -0.4 is 10.5 Å². The number of fused-ring (bicyclic) bond motifs is 1. The van der Waals surface area contributed by atoms with Gasteiger partial charge in [-0.1, -0.05) is 12.1 Å². The van der Waals surface area contributed by atoms with Crippen molar-refractivity contribution in [1.82, 2.24) is 0 Å². The summed E-state index contributed by atoms with van der Waals surface area (Å²) >= 11 is 0. The maximum absolute atomic E-state index is 11.6. The molecule has 0 aliphatic carbocycles. The van der Waals surface area contributed by atoms with Crippen molar-refractivity contribution in [3.8, 4) is 5.75 Å². The average molecular weight is 177 g/mol. The molecule has 0 spiro atoms. The van der Waals surface area contributed by atoms with E-state index in [0.717, 1.165) is 0 Å². The Labute approximate surface area is 76.5 Å². The highest BCUT2D eigenvalue weighted by Crippen LogP contribution is 2.26. The van der Waals surface area contributed by atoms with Crippen LogP contribution in [-0.4, -0.2) is 17.9 Å². The van der Waals surface area contributed by atoms with Crippen LogP contribution in [-0.2, 0) is 0 Å². The van der Waals surface area contributed by atoms with E-state index in [0.29, 0.717) is 11.3 Å². The van der Waals surface area contributed by atoms with Crippen molar-refractivity contribution in [3.05, 3.63) is 29.8 Å². The van der Waals surface area contributed by atoms with E-state index >= 15 is 0 Å². The topological polar surface area (TPSA) is 52.3 Å². The van der Waals surface area contributed by atoms with Crippen LogP contribution in [0.4, 0.5) is 0 Å². The SMILES string of the molecule is CC1Oc2ccccc2C(=O)C1N. The van der Waals surface area contributed by atoms with Gasteiger partial charge in [-0.2, -0.15) is 0 Å². The number of Topliss-reactive ketones (excluding diaryl/α,β-unsaturated/α-hetero) is 1. The molecule has 2 N–H and O–H groups in total. The van der Waals surface area contributed by atoms with Crippen molar-refractivity contribution in [2.45, 2.75) is 19.1 Å². The fourth-order valence-corrected chi connectivity index (χ4v) is 1.44. The first-order valence-electron chi connectivity index (χ1n) is 4.25. The molecule has 1 heterocycles. The summed E-state index contributed by atoms with van der Waals surface area (Å²) in [7, 11) is 0. The molecule has 0 radical (unpaired) electrons. The van der Waals surface area contributed by atoms with Crippen LogP contribution in [0.1, 0.15) is 17.3 Å². The Morgan fingerprint density at radius 1 is 1.38 bits per heavy atom. The molecule has 68 valence electrons. The maximum atomic E-state index is 11.6. The van der Waals surface area contributed by atoms with Crippen molar-refractivity contribution < 1.29 is 9.53 Å². The molecule has 0 saturated heterocycles. The lowest BCUT2D eigenvalue weighted by Crippen LogP contribution is -2.46. The predicted octanol–water partition coefficient (Wildman–Crippen LogP) is 0.978. The van der Waals surface area contributed by atoms with Crippen molar-refractivity contribution in [1.29, 1.82) is 0 Å². The fourth-order valence-electron chi connectivity index (χ4n) is 1.44. The predicted molar refractivity (Wildman–Crippen MR) is 48.8 cm³/mol. The van der Waals surface area contributed by atoms with Gasteiger partial charge in [0, 0.05) is 0 Å². The molecular formula is C10H11NO2. The number of carbonyl (C=O) groups is 1. The lowest BCUT2D eigenvalue weighted by molar-refractivity contribution is 0.0817. The summed E-state index contributed by atoms with van der Waals surface area (Å²) < 4.78 is 5.47. The van der Waals surface area contributed by atoms with Crippen LogP contribution in [0.25, 0.3) is 0 Å². The zero-order valence-electron chi connectivity index (χ0n) is 7.36. The van der Waals surface area contributed by atoms with Crippen LogP contribution in [0, 0.1) is 0 Å². The Morgan fingerprint density at radius 2 is 2.08 bits per heavy atom. The van der Waals surface area contributed by atoms with Crippen molar-refractivity contribution >= 4 is 5.78 Å². The van der Waals surface area contributed by atoms with E-state index in [1.807, 2.05) is 12.1 Å². The molecule has 2 atom stereocenters. The highest BCUT2D eigenvalue weighted by Gasteiger charge is 2.30. The molecule has 1 aromatic carbocycles. The monoisotopic (exact) mass is 177 g/mol. The Balaban J connectivity index is 2.49. The second-order valence-corrected chi connectivity index (χ2v) is 3.21. The molecule has 0 aromatic heterocycles. The first-order valence-corrected chi connectivity index (χ1v) is 4.25. The van der Waals surface area contributed by atoms with Gasteiger partial charge in [-0.15, -0.1) is 0 Å². The van der Waals surface area contributed by atoms with Crippen LogP contribution in [0.2, 0.25) is 0 Å². The molecule has 0 bridgehead atoms. The van der Waals surface area contributed by atoms with E-state index in [1.54, 1.807) is 19.1 Å². The standard InChI is InChI=1S/C10H11NO2/c1-6-9(11)10(12)7-4-2-3-5-8(7)13-6/h2-6,9H,11H2,1H3. The number of ether oxygens (including phenoxy) is 1. The highest BCUT2D eigenvalue weighted by atomic mass is 16.5. The molecule has 3 nitrogen and oxygen atoms in total. The zero-order valence-corrected chi connectivity index (χ0v) is 7.36. The average Bonchev–Trinajstić information content (AvgIpc) is 2.15. The summed E-state index contributed by atoms with van der Waals surface area (Å²) in [5.74, 6) is 0.607. The summed E-state index contributed by atoms with van der Waals surface area (Å²) in [4.78, 5) is 11.6. The third-order valence-electron chi connectivity index (χ3n) is 2.27. The van der Waals surface area contributed by atoms with Crippen LogP contribution >= 0.6 is 0 Å². The molecule has 0 amide bonds. The van der Waals surface area contributed by atoms with Gasteiger partial charge in [-0.25, -0.2) is 0 Å². The van der Waals surface area contributed by atoms with Gasteiger partial charge in [0.25, 0.3) is 0 Å². The fraction of sp³-hybridized carbons (Fsp3) is 0.300. The number of rotatable bonds is 0. The molecule has 0 fully saturated rings. The third kappa shape index (κ3) is 1.21. The molecule has 1 aromatic rings. The largest absolute Gasteiger partial charge is 0.488 e. The molecule has 3 heteroatoms. The quantitative estimate of drug-likeness (QED) is 0.642. The third-order valence-corrected chi connectivity index (χ3v) is 2.27. The van der Waals surface area contributed by atoms with Gasteiger partial charge < -0.3 is 10.5 Å². The van der Waals surface area contributed by atoms with Crippen LogP contribution in [0.15, 0.2) is 24.3 Å². The van der Waals surface area contributed by atoms with E-state index in [4.69, 9.17) is 10.5 Å². The van der Waals surface area contributed by atoms with E-state index < -0.39 is 6.04 Å². The summed E-state index contributed by atoms with van der Waals surface area (Å²) in [6.45, 7) is 1.80. The normalized spacial score (nSPS) is 26.5. The molecule has 0 saturated carbocycles.